The van der Waals surface area contributed by atoms with Crippen molar-refractivity contribution in [2.75, 3.05) is 0 Å². The molecule has 0 aliphatic heterocycles. The van der Waals surface area contributed by atoms with Crippen LogP contribution in [0.25, 0.3) is 0 Å². The Morgan fingerprint density at radius 1 is 1.43 bits per heavy atom. The summed E-state index contributed by atoms with van der Waals surface area (Å²) >= 11 is 2.28. The first-order chi connectivity index (χ1) is 3.18. The summed E-state index contributed by atoms with van der Waals surface area (Å²) < 4.78 is -0.900. The highest BCUT2D eigenvalue weighted by Gasteiger charge is 2.04. The molecule has 0 aromatic rings. The number of hydrogen-bond acceptors (Lipinski definition) is 3. The van der Waals surface area contributed by atoms with Crippen LogP contribution in [-0.2, 0) is 14.4 Å². The maximum absolute atomic E-state index is 9.75. The Balaban J connectivity index is 3.81. The Kier molecular flexibility index (Phi) is 2.44. The van der Waals surface area contributed by atoms with Crippen molar-refractivity contribution in [3.05, 3.63) is 0 Å². The van der Waals surface area contributed by atoms with E-state index in [1.165, 1.54) is 0 Å². The van der Waals surface area contributed by atoms with Crippen molar-refractivity contribution < 1.29 is 14.4 Å². The first-order valence-electron chi connectivity index (χ1n) is 1.37. The fourth-order valence-electron chi connectivity index (χ4n) is 0.0463. The fraction of sp³-hybridized carbons (Fsp3) is 0. The third kappa shape index (κ3) is 2.22. The molecule has 0 amide bonds. The van der Waals surface area contributed by atoms with Gasteiger partial charge in [0.25, 0.3) is 10.5 Å². The summed E-state index contributed by atoms with van der Waals surface area (Å²) in [6.45, 7) is 0. The number of carbonyl (C=O) groups excluding carboxylic acids is 3. The second-order valence-electron chi connectivity index (χ2n) is 0.756. The third-order valence-corrected chi connectivity index (χ3v) is 0.692. The molecule has 0 saturated heterocycles. The Morgan fingerprint density at radius 2 is 1.86 bits per heavy atom. The molecule has 0 unspecified atom stereocenters. The zero-order chi connectivity index (χ0) is 5.86. The molecule has 0 aliphatic carbocycles. The highest BCUT2D eigenvalue weighted by Crippen LogP contribution is 1.81. The Labute approximate surface area is 47.8 Å². The van der Waals surface area contributed by atoms with Crippen molar-refractivity contribution in [1.29, 1.82) is 0 Å². The highest BCUT2D eigenvalue weighted by atomic mass is 79.9. The van der Waals surface area contributed by atoms with Crippen LogP contribution in [0, 0.1) is 0 Å². The van der Waals surface area contributed by atoms with Crippen molar-refractivity contribution in [2.45, 2.75) is 0 Å². The average molecular weight is 165 g/mol. The summed E-state index contributed by atoms with van der Waals surface area (Å²) in [7, 11) is 0. The summed E-state index contributed by atoms with van der Waals surface area (Å²) in [5.41, 5.74) is 0. The minimum absolute atomic E-state index is 0.0446. The van der Waals surface area contributed by atoms with Gasteiger partial charge in [-0.15, -0.1) is 0 Å². The van der Waals surface area contributed by atoms with Gasteiger partial charge in [-0.1, -0.05) is 0 Å². The molecule has 0 saturated carbocycles. The van der Waals surface area contributed by atoms with E-state index in [0.717, 1.165) is 0 Å². The van der Waals surface area contributed by atoms with Crippen molar-refractivity contribution in [3.8, 4) is 0 Å². The van der Waals surface area contributed by atoms with E-state index in [0.29, 0.717) is 0 Å². The van der Waals surface area contributed by atoms with Gasteiger partial charge in [0, 0.05) is 15.9 Å². The Hall–Kier alpha value is -0.510. The molecule has 0 spiro atoms. The van der Waals surface area contributed by atoms with Gasteiger partial charge in [-0.05, 0) is 0 Å². The molecule has 0 heterocycles. The van der Waals surface area contributed by atoms with Gasteiger partial charge < -0.3 is 0 Å². The standard InChI is InChI=1S/C3HBrO3/c4-3(7)2(6)1-5/h1H. The van der Waals surface area contributed by atoms with Crippen LogP contribution >= 0.6 is 15.9 Å². The number of carbonyl (C=O) groups is 3. The molecule has 0 rings (SSSR count). The number of aldehydes is 1. The van der Waals surface area contributed by atoms with Crippen LogP contribution in [0.1, 0.15) is 0 Å². The van der Waals surface area contributed by atoms with Crippen molar-refractivity contribution in [1.82, 2.24) is 0 Å². The van der Waals surface area contributed by atoms with Gasteiger partial charge in [0.1, 0.15) is 0 Å². The van der Waals surface area contributed by atoms with E-state index in [4.69, 9.17) is 0 Å². The number of ketones is 1. The summed E-state index contributed by atoms with van der Waals surface area (Å²) in [4.78, 5) is 28.8. The Morgan fingerprint density at radius 3 is 1.86 bits per heavy atom. The minimum Gasteiger partial charge on any atom is -0.294 e. The fourth-order valence-corrected chi connectivity index (χ4v) is 0.140. The summed E-state index contributed by atoms with van der Waals surface area (Å²) in [5.74, 6) is -1.06. The number of rotatable bonds is 2. The second-order valence-corrected chi connectivity index (χ2v) is 1.48. The van der Waals surface area contributed by atoms with Gasteiger partial charge in [0.15, 0.2) is 6.29 Å². The highest BCUT2D eigenvalue weighted by molar-refractivity contribution is 9.19. The lowest BCUT2D eigenvalue weighted by Gasteiger charge is -1.70. The monoisotopic (exact) mass is 164 g/mol. The molecule has 7 heavy (non-hydrogen) atoms. The molecule has 0 atom stereocenters. The van der Waals surface area contributed by atoms with Gasteiger partial charge in [-0.25, -0.2) is 0 Å². The number of hydrogen-bond donors (Lipinski definition) is 0. The van der Waals surface area contributed by atoms with Crippen LogP contribution in [0.3, 0.4) is 0 Å². The van der Waals surface area contributed by atoms with E-state index >= 15 is 0 Å². The Bertz CT molecular complexity index is 117. The largest absolute Gasteiger partial charge is 0.294 e. The second kappa shape index (κ2) is 2.63. The summed E-state index contributed by atoms with van der Waals surface area (Å²) in [5, 5.41) is 0. The smallest absolute Gasteiger partial charge is 0.272 e. The molecule has 0 N–H and O–H groups in total. The molecule has 0 radical (unpaired) electrons. The molecule has 0 aromatic heterocycles. The third-order valence-electron chi connectivity index (χ3n) is 0.301. The van der Waals surface area contributed by atoms with E-state index < -0.39 is 10.5 Å². The molecule has 0 fully saturated rings. The van der Waals surface area contributed by atoms with Gasteiger partial charge >= 0.3 is 0 Å². The van der Waals surface area contributed by atoms with E-state index in [9.17, 15) is 14.4 Å². The lowest BCUT2D eigenvalue weighted by Crippen LogP contribution is -2.05. The quantitative estimate of drug-likeness (QED) is 0.243. The van der Waals surface area contributed by atoms with Crippen LogP contribution in [0.15, 0.2) is 0 Å². The van der Waals surface area contributed by atoms with Gasteiger partial charge in [-0.3, -0.25) is 14.4 Å². The first-order valence-corrected chi connectivity index (χ1v) is 2.16. The average Bonchev–Trinajstić information content (AvgIpc) is 1.65. The molecule has 0 aliphatic rings. The molecule has 0 bridgehead atoms. The molecule has 38 valence electrons. The molecule has 4 heteroatoms. The van der Waals surface area contributed by atoms with Crippen molar-refractivity contribution >= 4 is 32.7 Å². The van der Waals surface area contributed by atoms with Crippen LogP contribution in [0.4, 0.5) is 0 Å². The lowest BCUT2D eigenvalue weighted by atomic mass is 10.5. The summed E-state index contributed by atoms with van der Waals surface area (Å²) in [6.07, 6.45) is -0.0446. The normalized spacial score (nSPS) is 7.57. The molecule has 0 aromatic carbocycles. The minimum atomic E-state index is -1.06. The topological polar surface area (TPSA) is 51.2 Å². The zero-order valence-corrected chi connectivity index (χ0v) is 4.77. The van der Waals surface area contributed by atoms with Crippen LogP contribution in [0.5, 0.6) is 0 Å². The van der Waals surface area contributed by atoms with E-state index in [2.05, 4.69) is 15.9 Å². The van der Waals surface area contributed by atoms with Crippen molar-refractivity contribution in [3.63, 3.8) is 0 Å². The number of halogens is 1. The number of Topliss-reactive ketones (excluding diaryl/α,β-unsaturated/α-hetero) is 1. The van der Waals surface area contributed by atoms with Crippen LogP contribution < -0.4 is 0 Å². The van der Waals surface area contributed by atoms with Gasteiger partial charge in [0.05, 0.1) is 0 Å². The predicted octanol–water partition coefficient (Wildman–Crippen LogP) is -0.324. The van der Waals surface area contributed by atoms with Crippen molar-refractivity contribution in [2.24, 2.45) is 0 Å². The van der Waals surface area contributed by atoms with Crippen LogP contribution in [-0.4, -0.2) is 16.8 Å². The molecule has 3 nitrogen and oxygen atoms in total. The van der Waals surface area contributed by atoms with E-state index in [-0.39, 0.29) is 6.29 Å². The summed E-state index contributed by atoms with van der Waals surface area (Å²) in [6, 6.07) is 0. The lowest BCUT2D eigenvalue weighted by molar-refractivity contribution is -0.136. The van der Waals surface area contributed by atoms with E-state index in [1.807, 2.05) is 0 Å². The van der Waals surface area contributed by atoms with Crippen LogP contribution in [0.2, 0.25) is 0 Å². The van der Waals surface area contributed by atoms with Gasteiger partial charge in [-0.2, -0.15) is 0 Å². The molecular formula is C3HBrO3. The van der Waals surface area contributed by atoms with Gasteiger partial charge in [0.2, 0.25) is 0 Å². The maximum Gasteiger partial charge on any atom is 0.272 e. The zero-order valence-electron chi connectivity index (χ0n) is 3.18. The molecular weight excluding hydrogens is 164 g/mol. The SMILES string of the molecule is O=CC(=O)C(=O)Br. The van der Waals surface area contributed by atoms with E-state index in [1.54, 1.807) is 0 Å². The predicted molar refractivity (Wildman–Crippen MR) is 25.0 cm³/mol. The first kappa shape index (κ1) is 6.49. The maximum atomic E-state index is 9.75.